The fourth-order valence-electron chi connectivity index (χ4n) is 1.07. The second kappa shape index (κ2) is 4.89. The van der Waals surface area contributed by atoms with E-state index in [0.29, 0.717) is 6.42 Å². The maximum atomic E-state index is 11.4. The number of nitrogens with zero attached hydrogens (tertiary/aromatic N) is 1. The average Bonchev–Trinajstić information content (AvgIpc) is 2.15. The van der Waals surface area contributed by atoms with Crippen molar-refractivity contribution in [1.82, 2.24) is 10.3 Å². The number of hydrogen-bond acceptors (Lipinski definition) is 3. The van der Waals surface area contributed by atoms with Crippen LogP contribution in [0.5, 0.6) is 0 Å². The zero-order valence-corrected chi connectivity index (χ0v) is 9.03. The second-order valence-electron chi connectivity index (χ2n) is 4.13. The first-order valence-corrected chi connectivity index (χ1v) is 4.85. The molecule has 1 aromatic rings. The minimum absolute atomic E-state index is 0.106. The third kappa shape index (κ3) is 5.12. The summed E-state index contributed by atoms with van der Waals surface area (Å²) in [6, 6.07) is 3.63. The Labute approximate surface area is 89.3 Å². The number of carbonyl (C=O) groups is 1. The predicted octanol–water partition coefficient (Wildman–Crippen LogP) is 0.511. The van der Waals surface area contributed by atoms with Crippen LogP contribution in [0.2, 0.25) is 0 Å². The smallest absolute Gasteiger partial charge is 0.224 e. The highest BCUT2D eigenvalue weighted by molar-refractivity contribution is 5.78. The zero-order valence-electron chi connectivity index (χ0n) is 9.03. The van der Waals surface area contributed by atoms with E-state index in [1.807, 2.05) is 6.07 Å². The van der Waals surface area contributed by atoms with Crippen LogP contribution in [-0.4, -0.2) is 28.1 Å². The third-order valence-electron chi connectivity index (χ3n) is 1.81. The van der Waals surface area contributed by atoms with Gasteiger partial charge in [-0.05, 0) is 25.5 Å². The number of hydrogen-bond donors (Lipinski definition) is 2. The van der Waals surface area contributed by atoms with Crippen molar-refractivity contribution in [3.63, 3.8) is 0 Å². The molecule has 1 amide bonds. The number of nitrogens with one attached hydrogen (secondary N) is 1. The zero-order chi connectivity index (χ0) is 11.3. The van der Waals surface area contributed by atoms with E-state index in [1.54, 1.807) is 32.3 Å². The molecule has 0 aliphatic rings. The van der Waals surface area contributed by atoms with Crippen molar-refractivity contribution in [1.29, 1.82) is 0 Å². The molecule has 1 aromatic heterocycles. The van der Waals surface area contributed by atoms with Crippen LogP contribution < -0.4 is 5.32 Å². The molecule has 0 aliphatic carbocycles. The highest BCUT2D eigenvalue weighted by atomic mass is 16.3. The molecule has 4 nitrogen and oxygen atoms in total. The first kappa shape index (κ1) is 11.7. The minimum Gasteiger partial charge on any atom is -0.389 e. The molecule has 0 unspecified atom stereocenters. The quantitative estimate of drug-likeness (QED) is 0.758. The van der Waals surface area contributed by atoms with Crippen LogP contribution in [0.3, 0.4) is 0 Å². The minimum atomic E-state index is -0.870. The Hall–Kier alpha value is -1.42. The maximum absolute atomic E-state index is 11.4. The number of rotatable bonds is 4. The Kier molecular flexibility index (Phi) is 3.80. The van der Waals surface area contributed by atoms with E-state index in [9.17, 15) is 9.90 Å². The maximum Gasteiger partial charge on any atom is 0.224 e. The van der Waals surface area contributed by atoms with E-state index in [4.69, 9.17) is 0 Å². The topological polar surface area (TPSA) is 62.2 Å². The third-order valence-corrected chi connectivity index (χ3v) is 1.81. The molecule has 0 aromatic carbocycles. The summed E-state index contributed by atoms with van der Waals surface area (Å²) in [6.07, 6.45) is 3.62. The van der Waals surface area contributed by atoms with Gasteiger partial charge in [0.1, 0.15) is 0 Å². The lowest BCUT2D eigenvalue weighted by molar-refractivity contribution is -0.121. The fourth-order valence-corrected chi connectivity index (χ4v) is 1.07. The van der Waals surface area contributed by atoms with E-state index in [1.165, 1.54) is 0 Å². The molecule has 0 atom stereocenters. The van der Waals surface area contributed by atoms with Gasteiger partial charge in [0.15, 0.2) is 0 Å². The molecule has 0 saturated carbocycles. The van der Waals surface area contributed by atoms with Gasteiger partial charge < -0.3 is 10.4 Å². The Morgan fingerprint density at radius 1 is 1.60 bits per heavy atom. The van der Waals surface area contributed by atoms with Gasteiger partial charge >= 0.3 is 0 Å². The molecule has 1 rings (SSSR count). The van der Waals surface area contributed by atoms with Gasteiger partial charge in [-0.1, -0.05) is 6.07 Å². The summed E-state index contributed by atoms with van der Waals surface area (Å²) in [7, 11) is 0. The van der Waals surface area contributed by atoms with E-state index < -0.39 is 5.60 Å². The summed E-state index contributed by atoms with van der Waals surface area (Å²) in [5.41, 5.74) is -0.00401. The van der Waals surface area contributed by atoms with E-state index in [0.717, 1.165) is 5.56 Å². The van der Waals surface area contributed by atoms with E-state index >= 15 is 0 Å². The van der Waals surface area contributed by atoms with Gasteiger partial charge in [-0.2, -0.15) is 0 Å². The lowest BCUT2D eigenvalue weighted by Crippen LogP contribution is -2.38. The molecule has 0 fully saturated rings. The van der Waals surface area contributed by atoms with Crippen LogP contribution in [0, 0.1) is 0 Å². The van der Waals surface area contributed by atoms with Crippen LogP contribution in [0.15, 0.2) is 24.5 Å². The monoisotopic (exact) mass is 208 g/mol. The van der Waals surface area contributed by atoms with Gasteiger partial charge in [-0.15, -0.1) is 0 Å². The Morgan fingerprint density at radius 3 is 2.87 bits per heavy atom. The number of amides is 1. The van der Waals surface area contributed by atoms with Crippen molar-refractivity contribution in [3.05, 3.63) is 30.1 Å². The number of aromatic nitrogens is 1. The second-order valence-corrected chi connectivity index (χ2v) is 4.13. The lowest BCUT2D eigenvalue weighted by atomic mass is 10.1. The lowest BCUT2D eigenvalue weighted by Gasteiger charge is -2.17. The van der Waals surface area contributed by atoms with Crippen molar-refractivity contribution < 1.29 is 9.90 Å². The van der Waals surface area contributed by atoms with Gasteiger partial charge in [-0.25, -0.2) is 0 Å². The van der Waals surface area contributed by atoms with Gasteiger partial charge in [0.05, 0.1) is 12.0 Å². The van der Waals surface area contributed by atoms with Crippen molar-refractivity contribution in [2.45, 2.75) is 25.9 Å². The summed E-state index contributed by atoms with van der Waals surface area (Å²) in [5.74, 6) is -0.106. The van der Waals surface area contributed by atoms with Crippen LogP contribution in [0.25, 0.3) is 0 Å². The van der Waals surface area contributed by atoms with Crippen molar-refractivity contribution in [3.8, 4) is 0 Å². The van der Waals surface area contributed by atoms with E-state index in [2.05, 4.69) is 10.3 Å². The van der Waals surface area contributed by atoms with Crippen LogP contribution >= 0.6 is 0 Å². The molecule has 0 aliphatic heterocycles. The predicted molar refractivity (Wildman–Crippen MR) is 57.2 cm³/mol. The molecule has 2 N–H and O–H groups in total. The Bertz CT molecular complexity index is 317. The Balaban J connectivity index is 2.38. The van der Waals surface area contributed by atoms with E-state index in [-0.39, 0.29) is 12.5 Å². The molecule has 1 heterocycles. The Morgan fingerprint density at radius 2 is 2.33 bits per heavy atom. The van der Waals surface area contributed by atoms with Crippen molar-refractivity contribution in [2.24, 2.45) is 0 Å². The molecule has 0 bridgehead atoms. The largest absolute Gasteiger partial charge is 0.389 e. The number of aliphatic hydroxyl groups is 1. The number of carbonyl (C=O) groups excluding carboxylic acids is 1. The SMILES string of the molecule is CC(C)(O)CNC(=O)Cc1cccnc1. The molecule has 0 saturated heterocycles. The van der Waals surface area contributed by atoms with Gasteiger partial charge in [0, 0.05) is 18.9 Å². The highest BCUT2D eigenvalue weighted by Crippen LogP contribution is 1.99. The van der Waals surface area contributed by atoms with Crippen LogP contribution in [0.1, 0.15) is 19.4 Å². The van der Waals surface area contributed by atoms with Gasteiger partial charge in [0.2, 0.25) is 5.91 Å². The molecule has 0 radical (unpaired) electrons. The standard InChI is InChI=1S/C11H16N2O2/c1-11(2,15)8-13-10(14)6-9-4-3-5-12-7-9/h3-5,7,15H,6,8H2,1-2H3,(H,13,14). The average molecular weight is 208 g/mol. The highest BCUT2D eigenvalue weighted by Gasteiger charge is 2.13. The summed E-state index contributed by atoms with van der Waals surface area (Å²) in [4.78, 5) is 15.3. The van der Waals surface area contributed by atoms with Crippen LogP contribution in [-0.2, 0) is 11.2 Å². The van der Waals surface area contributed by atoms with Crippen LogP contribution in [0.4, 0.5) is 0 Å². The molecule has 82 valence electrons. The molecule has 0 spiro atoms. The molecular formula is C11H16N2O2. The normalized spacial score (nSPS) is 11.1. The summed E-state index contributed by atoms with van der Waals surface area (Å²) >= 11 is 0. The van der Waals surface area contributed by atoms with Gasteiger partial charge in [0.25, 0.3) is 0 Å². The molecule has 15 heavy (non-hydrogen) atoms. The van der Waals surface area contributed by atoms with Gasteiger partial charge in [-0.3, -0.25) is 9.78 Å². The summed E-state index contributed by atoms with van der Waals surface area (Å²) < 4.78 is 0. The van der Waals surface area contributed by atoms with Crippen molar-refractivity contribution in [2.75, 3.05) is 6.54 Å². The first-order valence-electron chi connectivity index (χ1n) is 4.85. The first-order chi connectivity index (χ1) is 6.97. The molecule has 4 heteroatoms. The fraction of sp³-hybridized carbons (Fsp3) is 0.455. The number of pyridine rings is 1. The summed E-state index contributed by atoms with van der Waals surface area (Å²) in [5, 5.41) is 12.1. The van der Waals surface area contributed by atoms with Crippen molar-refractivity contribution >= 4 is 5.91 Å². The molecular weight excluding hydrogens is 192 g/mol. The summed E-state index contributed by atoms with van der Waals surface area (Å²) in [6.45, 7) is 3.56.